The third-order valence-corrected chi connectivity index (χ3v) is 13.7. The number of fused-ring (bicyclic) bond motifs is 6. The molecule has 5 heterocycles. The van der Waals surface area contributed by atoms with Crippen molar-refractivity contribution in [3.63, 3.8) is 0 Å². The maximum atomic E-state index is 14.7. The Balaban J connectivity index is 1.28. The van der Waals surface area contributed by atoms with Crippen LogP contribution in [0.1, 0.15) is 91.2 Å². The summed E-state index contributed by atoms with van der Waals surface area (Å²) >= 11 is 0. The number of pyridine rings is 1. The number of esters is 1. The number of aromatic hydroxyl groups is 1. The predicted octanol–water partition coefficient (Wildman–Crippen LogP) is 5.39. The molecule has 4 N–H and O–H groups in total. The highest BCUT2D eigenvalue weighted by molar-refractivity contribution is 5.96. The van der Waals surface area contributed by atoms with Crippen LogP contribution in [-0.2, 0) is 52.8 Å². The summed E-state index contributed by atoms with van der Waals surface area (Å²) < 4.78 is 14.2. The van der Waals surface area contributed by atoms with Crippen LogP contribution in [0.25, 0.3) is 33.3 Å². The average Bonchev–Trinajstić information content (AvgIpc) is 4.06. The molecule has 16 heteroatoms. The average molecular weight is 935 g/mol. The lowest BCUT2D eigenvalue weighted by Crippen LogP contribution is -2.62. The normalized spacial score (nSPS) is 21.5. The second-order valence-electron chi connectivity index (χ2n) is 20.3. The molecular formula is C52H70N8O8. The SMILES string of the molecule is CCn1c(-c2cccnc2[C@H](C)OC)c2c3cc(ccc31)-c1cc(O)cc(c1)C[C@H](NC(=O)C(C(C)C)N(C)C(=O)CN(C)C(=O)[C@H]1NC1C(C)C)C(=O)N1CCC[C@H](N1)C(=O)OCC(C)(C)C2. The van der Waals surface area contributed by atoms with E-state index in [2.05, 4.69) is 59.6 Å². The summed E-state index contributed by atoms with van der Waals surface area (Å²) in [6.07, 6.45) is 2.93. The number of amides is 4. The zero-order valence-corrected chi connectivity index (χ0v) is 41.5. The number of hydrogen-bond donors (Lipinski definition) is 4. The van der Waals surface area contributed by atoms with Crippen LogP contribution in [0.3, 0.4) is 0 Å². The second kappa shape index (κ2) is 20.4. The predicted molar refractivity (Wildman–Crippen MR) is 260 cm³/mol. The molecule has 16 nitrogen and oxygen atoms in total. The van der Waals surface area contributed by atoms with E-state index in [1.807, 2.05) is 52.8 Å². The molecule has 6 atom stereocenters. The highest BCUT2D eigenvalue weighted by atomic mass is 16.5. The number of phenolic OH excluding ortho intramolecular Hbond substituents is 1. The minimum atomic E-state index is -1.18. The maximum absolute atomic E-state index is 14.7. The van der Waals surface area contributed by atoms with Crippen LogP contribution in [0.4, 0.5) is 0 Å². The molecule has 0 radical (unpaired) electrons. The van der Waals surface area contributed by atoms with E-state index in [4.69, 9.17) is 14.5 Å². The third-order valence-electron chi connectivity index (χ3n) is 13.7. The number of nitrogens with one attached hydrogen (secondary N) is 3. The Morgan fingerprint density at radius 2 is 1.79 bits per heavy atom. The van der Waals surface area contributed by atoms with E-state index in [1.165, 1.54) is 21.9 Å². The minimum absolute atomic E-state index is 0.0182. The van der Waals surface area contributed by atoms with Gasteiger partial charge in [0.15, 0.2) is 0 Å². The van der Waals surface area contributed by atoms with E-state index in [0.717, 1.165) is 39.0 Å². The Labute approximate surface area is 400 Å². The number of rotatable bonds is 12. The van der Waals surface area contributed by atoms with Gasteiger partial charge in [-0.25, -0.2) is 5.43 Å². The molecule has 2 aromatic heterocycles. The number of phenols is 1. The number of methoxy groups -OCH3 is 1. The van der Waals surface area contributed by atoms with Crippen molar-refractivity contribution in [1.29, 1.82) is 0 Å². The van der Waals surface area contributed by atoms with Gasteiger partial charge in [-0.2, -0.15) is 0 Å². The summed E-state index contributed by atoms with van der Waals surface area (Å²) in [7, 11) is 4.78. The summed E-state index contributed by atoms with van der Waals surface area (Å²) in [5.41, 5.74) is 9.49. The van der Waals surface area contributed by atoms with E-state index in [9.17, 15) is 29.1 Å². The van der Waals surface area contributed by atoms with Crippen LogP contribution in [0.15, 0.2) is 54.7 Å². The van der Waals surface area contributed by atoms with Crippen LogP contribution in [0, 0.1) is 17.3 Å². The number of aromatic nitrogens is 2. The number of hydrogen-bond acceptors (Lipinski definition) is 11. The molecule has 3 aliphatic heterocycles. The smallest absolute Gasteiger partial charge is 0.324 e. The molecule has 2 fully saturated rings. The Kier molecular flexibility index (Phi) is 15.0. The highest BCUT2D eigenvalue weighted by Gasteiger charge is 2.46. The van der Waals surface area contributed by atoms with Crippen LogP contribution in [-0.4, -0.2) is 130 Å². The summed E-state index contributed by atoms with van der Waals surface area (Å²) in [6.45, 7) is 16.7. The molecule has 366 valence electrons. The zero-order valence-electron chi connectivity index (χ0n) is 41.5. The van der Waals surface area contributed by atoms with Gasteiger partial charge in [0.1, 0.15) is 29.9 Å². The van der Waals surface area contributed by atoms with Gasteiger partial charge in [0.25, 0.3) is 5.91 Å². The number of nitrogens with zero attached hydrogens (tertiary/aromatic N) is 5. The third kappa shape index (κ3) is 10.6. The first-order chi connectivity index (χ1) is 32.2. The summed E-state index contributed by atoms with van der Waals surface area (Å²) in [5, 5.41) is 19.9. The van der Waals surface area contributed by atoms with E-state index < -0.39 is 47.2 Å². The van der Waals surface area contributed by atoms with E-state index in [0.29, 0.717) is 36.9 Å². The molecule has 7 rings (SSSR count). The van der Waals surface area contributed by atoms with Gasteiger partial charge in [0.05, 0.1) is 30.6 Å². The van der Waals surface area contributed by atoms with Crippen LogP contribution in [0.2, 0.25) is 0 Å². The second-order valence-corrected chi connectivity index (χ2v) is 20.3. The number of likely N-dealkylation sites (N-methyl/N-ethyl adjacent to an activating group) is 2. The van der Waals surface area contributed by atoms with Crippen molar-refractivity contribution in [3.05, 3.63) is 71.5 Å². The molecule has 68 heavy (non-hydrogen) atoms. The fraction of sp³-hybridized carbons (Fsp3) is 0.538. The Morgan fingerprint density at radius 1 is 1.04 bits per heavy atom. The molecule has 6 bridgehead atoms. The van der Waals surface area contributed by atoms with Gasteiger partial charge >= 0.3 is 5.97 Å². The first-order valence-electron chi connectivity index (χ1n) is 24.0. The van der Waals surface area contributed by atoms with Crippen molar-refractivity contribution in [2.24, 2.45) is 17.3 Å². The number of carbonyl (C=O) groups is 5. The Morgan fingerprint density at radius 3 is 2.47 bits per heavy atom. The maximum Gasteiger partial charge on any atom is 0.324 e. The molecule has 0 saturated carbocycles. The van der Waals surface area contributed by atoms with Crippen molar-refractivity contribution < 1.29 is 38.6 Å². The van der Waals surface area contributed by atoms with Gasteiger partial charge in [0, 0.05) is 74.8 Å². The highest BCUT2D eigenvalue weighted by Crippen LogP contribution is 2.42. The number of carbonyl (C=O) groups excluding carboxylic acids is 5. The summed E-state index contributed by atoms with van der Waals surface area (Å²) in [6, 6.07) is 12.1. The van der Waals surface area contributed by atoms with E-state index in [-0.39, 0.29) is 67.8 Å². The van der Waals surface area contributed by atoms with Crippen LogP contribution in [0.5, 0.6) is 5.75 Å². The molecule has 4 aromatic rings. The number of cyclic esters (lactones) is 1. The summed E-state index contributed by atoms with van der Waals surface area (Å²) in [5.74, 6) is -2.29. The number of aryl methyl sites for hydroxylation is 1. The van der Waals surface area contributed by atoms with Gasteiger partial charge in [0.2, 0.25) is 17.7 Å². The Bertz CT molecular complexity index is 2550. The molecular weight excluding hydrogens is 865 g/mol. The monoisotopic (exact) mass is 935 g/mol. The topological polar surface area (TPSA) is 198 Å². The lowest BCUT2D eigenvalue weighted by atomic mass is 9.84. The van der Waals surface area contributed by atoms with Gasteiger partial charge in [-0.05, 0) is 104 Å². The van der Waals surface area contributed by atoms with Crippen molar-refractivity contribution >= 4 is 40.5 Å². The molecule has 2 aromatic carbocycles. The minimum Gasteiger partial charge on any atom is -0.508 e. The quantitative estimate of drug-likeness (QED) is 0.105. The standard InChI is InChI=1S/C52H70N8O8/c1-12-59-41-18-17-33-25-37(41)38(47(59)36-15-13-19-53-44(36)31(6)67-11)26-52(7,8)28-68-51(66)39-16-14-20-60(56-39)49(64)40(23-32-21-34(33)24-35(61)22-32)54-48(63)46(30(4)5)58(10)42(62)27-57(9)50(65)45-43(55-45)29(2)3/h13,15,17-19,21-22,24-25,29-31,39-40,43,45-46,55-56,61H,12,14,16,20,23,26-28H2,1-11H3,(H,54,63)/t31-,39-,40-,43?,45-,46?/m0/s1. The first kappa shape index (κ1) is 50.0. The largest absolute Gasteiger partial charge is 0.508 e. The fourth-order valence-electron chi connectivity index (χ4n) is 9.99. The molecule has 0 spiro atoms. The van der Waals surface area contributed by atoms with Gasteiger partial charge in [-0.3, -0.25) is 39.3 Å². The molecule has 2 unspecified atom stereocenters. The number of benzene rings is 2. The van der Waals surface area contributed by atoms with Crippen molar-refractivity contribution in [1.82, 2.24) is 40.4 Å². The lowest BCUT2D eigenvalue weighted by Gasteiger charge is -2.37. The van der Waals surface area contributed by atoms with Gasteiger partial charge < -0.3 is 34.3 Å². The number of hydrazine groups is 1. The van der Waals surface area contributed by atoms with Crippen LogP contribution >= 0.6 is 0 Å². The van der Waals surface area contributed by atoms with Gasteiger partial charge in [-0.1, -0.05) is 53.7 Å². The first-order valence-corrected chi connectivity index (χ1v) is 24.0. The molecule has 0 aliphatic carbocycles. The Hall–Kier alpha value is -5.84. The lowest BCUT2D eigenvalue weighted by molar-refractivity contribution is -0.155. The van der Waals surface area contributed by atoms with E-state index in [1.54, 1.807) is 32.5 Å². The molecule has 2 saturated heterocycles. The molecule has 3 aliphatic rings. The van der Waals surface area contributed by atoms with Crippen molar-refractivity contribution in [2.45, 2.75) is 124 Å². The zero-order chi connectivity index (χ0) is 49.4. The number of ether oxygens (including phenoxy) is 2. The summed E-state index contributed by atoms with van der Waals surface area (Å²) in [4.78, 5) is 77.6. The van der Waals surface area contributed by atoms with E-state index >= 15 is 0 Å². The van der Waals surface area contributed by atoms with Crippen molar-refractivity contribution in [3.8, 4) is 28.1 Å². The van der Waals surface area contributed by atoms with Gasteiger partial charge in [-0.15, -0.1) is 0 Å². The van der Waals surface area contributed by atoms with Crippen LogP contribution < -0.4 is 16.1 Å². The fourth-order valence-corrected chi connectivity index (χ4v) is 9.99. The van der Waals surface area contributed by atoms with Crippen molar-refractivity contribution in [2.75, 3.05) is 40.9 Å². The molecule has 4 amide bonds.